The summed E-state index contributed by atoms with van der Waals surface area (Å²) in [5.41, 5.74) is 0.887. The highest BCUT2D eigenvalue weighted by atomic mass is 15.3. The lowest BCUT2D eigenvalue weighted by Gasteiger charge is -2.26. The maximum Gasteiger partial charge on any atom is 0.160 e. The van der Waals surface area contributed by atoms with Crippen LogP contribution in [0, 0.1) is 0 Å². The van der Waals surface area contributed by atoms with Crippen LogP contribution >= 0.6 is 0 Å². The number of nitrogens with zero attached hydrogens (tertiary/aromatic N) is 3. The predicted molar refractivity (Wildman–Crippen MR) is 60.0 cm³/mol. The molecule has 4 nitrogen and oxygen atoms in total. The quantitative estimate of drug-likeness (QED) is 0.768. The molecule has 0 amide bonds. The summed E-state index contributed by atoms with van der Waals surface area (Å²) in [6.45, 7) is 2.24. The van der Waals surface area contributed by atoms with Crippen LogP contribution in [0.5, 0.6) is 0 Å². The number of piperidine rings is 1. The van der Waals surface area contributed by atoms with E-state index in [-0.39, 0.29) is 0 Å². The molecule has 2 aromatic rings. The smallest absolute Gasteiger partial charge is 0.160 e. The minimum Gasteiger partial charge on any atom is -0.355 e. The van der Waals surface area contributed by atoms with Crippen molar-refractivity contribution in [3.05, 3.63) is 18.3 Å². The molecular weight excluding hydrogens is 188 g/mol. The summed E-state index contributed by atoms with van der Waals surface area (Å²) < 4.78 is 0. The normalized spacial score (nSPS) is 17.2. The van der Waals surface area contributed by atoms with Crippen molar-refractivity contribution < 1.29 is 0 Å². The Balaban J connectivity index is 2.02. The van der Waals surface area contributed by atoms with Gasteiger partial charge < -0.3 is 4.90 Å². The van der Waals surface area contributed by atoms with Gasteiger partial charge in [-0.05, 0) is 31.4 Å². The molecule has 0 aromatic carbocycles. The first-order chi connectivity index (χ1) is 7.45. The molecule has 0 aliphatic carbocycles. The second-order valence-corrected chi connectivity index (χ2v) is 3.99. The van der Waals surface area contributed by atoms with E-state index in [1.165, 1.54) is 19.3 Å². The zero-order valence-electron chi connectivity index (χ0n) is 8.61. The Hall–Kier alpha value is -1.58. The minimum absolute atomic E-state index is 0.887. The second kappa shape index (κ2) is 3.53. The molecular formula is C11H14N4. The molecule has 1 N–H and O–H groups in total. The number of aromatic nitrogens is 3. The Morgan fingerprint density at radius 1 is 1.20 bits per heavy atom. The summed E-state index contributed by atoms with van der Waals surface area (Å²) in [6.07, 6.45) is 5.68. The molecule has 0 spiro atoms. The molecule has 2 aromatic heterocycles. The molecule has 1 saturated heterocycles. The number of anilines is 1. The van der Waals surface area contributed by atoms with Gasteiger partial charge in [-0.2, -0.15) is 5.10 Å². The van der Waals surface area contributed by atoms with E-state index in [1.807, 2.05) is 6.07 Å². The van der Waals surface area contributed by atoms with Gasteiger partial charge in [0.05, 0.1) is 5.39 Å². The van der Waals surface area contributed by atoms with Crippen LogP contribution in [-0.4, -0.2) is 28.3 Å². The van der Waals surface area contributed by atoms with Crippen LogP contribution in [0.3, 0.4) is 0 Å². The lowest BCUT2D eigenvalue weighted by molar-refractivity contribution is 0.574. The van der Waals surface area contributed by atoms with Gasteiger partial charge >= 0.3 is 0 Å². The topological polar surface area (TPSA) is 44.8 Å². The molecule has 4 heteroatoms. The van der Waals surface area contributed by atoms with E-state index >= 15 is 0 Å². The van der Waals surface area contributed by atoms with Crippen LogP contribution in [0.2, 0.25) is 0 Å². The van der Waals surface area contributed by atoms with Gasteiger partial charge in [-0.25, -0.2) is 4.98 Å². The van der Waals surface area contributed by atoms with Gasteiger partial charge in [0, 0.05) is 19.3 Å². The fraction of sp³-hybridized carbons (Fsp3) is 0.455. The molecule has 1 aliphatic rings. The number of H-pyrrole nitrogens is 1. The SMILES string of the molecule is c1cnc2[nH]nc(N3CCCCC3)c2c1. The molecule has 3 rings (SSSR count). The molecule has 0 radical (unpaired) electrons. The van der Waals surface area contributed by atoms with Gasteiger partial charge in [0.15, 0.2) is 11.5 Å². The Kier molecular flexibility index (Phi) is 2.05. The molecule has 0 atom stereocenters. The van der Waals surface area contributed by atoms with Crippen molar-refractivity contribution in [3.63, 3.8) is 0 Å². The molecule has 15 heavy (non-hydrogen) atoms. The van der Waals surface area contributed by atoms with E-state index in [9.17, 15) is 0 Å². The van der Waals surface area contributed by atoms with Crippen LogP contribution in [0.25, 0.3) is 11.0 Å². The van der Waals surface area contributed by atoms with Crippen molar-refractivity contribution in [1.29, 1.82) is 0 Å². The van der Waals surface area contributed by atoms with Crippen LogP contribution in [-0.2, 0) is 0 Å². The zero-order chi connectivity index (χ0) is 10.1. The third-order valence-corrected chi connectivity index (χ3v) is 2.97. The predicted octanol–water partition coefficient (Wildman–Crippen LogP) is 1.95. The van der Waals surface area contributed by atoms with Gasteiger partial charge in [-0.3, -0.25) is 5.10 Å². The third-order valence-electron chi connectivity index (χ3n) is 2.97. The summed E-state index contributed by atoms with van der Waals surface area (Å²) in [4.78, 5) is 6.60. The highest BCUT2D eigenvalue weighted by Gasteiger charge is 2.16. The molecule has 1 aliphatic heterocycles. The average Bonchev–Trinajstić information content (AvgIpc) is 2.74. The summed E-state index contributed by atoms with van der Waals surface area (Å²) >= 11 is 0. The van der Waals surface area contributed by atoms with Crippen molar-refractivity contribution in [2.45, 2.75) is 19.3 Å². The fourth-order valence-electron chi connectivity index (χ4n) is 2.19. The molecule has 1 fully saturated rings. The standard InChI is InChI=1S/C11H14N4/c1-2-7-15(8-3-1)11-9-5-4-6-12-10(9)13-14-11/h4-6H,1-3,7-8H2,(H,12,13,14). The van der Waals surface area contributed by atoms with E-state index in [4.69, 9.17) is 0 Å². The lowest BCUT2D eigenvalue weighted by atomic mass is 10.1. The number of hydrogen-bond acceptors (Lipinski definition) is 3. The zero-order valence-corrected chi connectivity index (χ0v) is 8.61. The first kappa shape index (κ1) is 8.71. The van der Waals surface area contributed by atoms with Crippen molar-refractivity contribution in [2.24, 2.45) is 0 Å². The Bertz CT molecular complexity index is 456. The molecule has 0 unspecified atom stereocenters. The summed E-state index contributed by atoms with van der Waals surface area (Å²) in [7, 11) is 0. The first-order valence-corrected chi connectivity index (χ1v) is 5.49. The largest absolute Gasteiger partial charge is 0.355 e. The number of pyridine rings is 1. The fourth-order valence-corrected chi connectivity index (χ4v) is 2.19. The third kappa shape index (κ3) is 1.46. The minimum atomic E-state index is 0.887. The van der Waals surface area contributed by atoms with Gasteiger partial charge in [0.1, 0.15) is 0 Å². The highest BCUT2D eigenvalue weighted by Crippen LogP contribution is 2.24. The maximum atomic E-state index is 4.36. The molecule has 0 bridgehead atoms. The number of fused-ring (bicyclic) bond motifs is 1. The molecule has 3 heterocycles. The first-order valence-electron chi connectivity index (χ1n) is 5.49. The average molecular weight is 202 g/mol. The van der Waals surface area contributed by atoms with Gasteiger partial charge in [-0.15, -0.1) is 0 Å². The van der Waals surface area contributed by atoms with Crippen LogP contribution in [0.4, 0.5) is 5.82 Å². The van der Waals surface area contributed by atoms with Gasteiger partial charge in [-0.1, -0.05) is 0 Å². The Morgan fingerprint density at radius 3 is 2.93 bits per heavy atom. The van der Waals surface area contributed by atoms with Crippen molar-refractivity contribution in [2.75, 3.05) is 18.0 Å². The lowest BCUT2D eigenvalue weighted by Crippen LogP contribution is -2.29. The highest BCUT2D eigenvalue weighted by molar-refractivity contribution is 5.87. The maximum absolute atomic E-state index is 4.36. The van der Waals surface area contributed by atoms with E-state index < -0.39 is 0 Å². The summed E-state index contributed by atoms with van der Waals surface area (Å²) in [5.74, 6) is 1.07. The van der Waals surface area contributed by atoms with E-state index in [0.717, 1.165) is 29.9 Å². The van der Waals surface area contributed by atoms with Crippen LogP contribution in [0.15, 0.2) is 18.3 Å². The van der Waals surface area contributed by atoms with Crippen molar-refractivity contribution in [3.8, 4) is 0 Å². The van der Waals surface area contributed by atoms with E-state index in [0.29, 0.717) is 0 Å². The summed E-state index contributed by atoms with van der Waals surface area (Å²) in [6, 6.07) is 4.04. The number of nitrogens with one attached hydrogen (secondary N) is 1. The Labute approximate surface area is 88.3 Å². The summed E-state index contributed by atoms with van der Waals surface area (Å²) in [5, 5.41) is 8.48. The van der Waals surface area contributed by atoms with E-state index in [2.05, 4.69) is 26.1 Å². The van der Waals surface area contributed by atoms with Crippen molar-refractivity contribution >= 4 is 16.9 Å². The van der Waals surface area contributed by atoms with Gasteiger partial charge in [0.2, 0.25) is 0 Å². The number of aromatic amines is 1. The molecule has 0 saturated carbocycles. The van der Waals surface area contributed by atoms with E-state index in [1.54, 1.807) is 6.20 Å². The van der Waals surface area contributed by atoms with Gasteiger partial charge in [0.25, 0.3) is 0 Å². The van der Waals surface area contributed by atoms with Crippen LogP contribution in [0.1, 0.15) is 19.3 Å². The van der Waals surface area contributed by atoms with Crippen LogP contribution < -0.4 is 4.90 Å². The second-order valence-electron chi connectivity index (χ2n) is 3.99. The Morgan fingerprint density at radius 2 is 2.07 bits per heavy atom. The monoisotopic (exact) mass is 202 g/mol. The number of hydrogen-bond donors (Lipinski definition) is 1. The van der Waals surface area contributed by atoms with Crippen molar-refractivity contribution in [1.82, 2.24) is 15.2 Å². The molecule has 78 valence electrons. The number of rotatable bonds is 1.